The van der Waals surface area contributed by atoms with Gasteiger partial charge < -0.3 is 0 Å². The minimum atomic E-state index is -0.191. The molecule has 0 aromatic heterocycles. The highest BCUT2D eigenvalue weighted by Gasteiger charge is 2.10. The Labute approximate surface area is 57.1 Å². The van der Waals surface area contributed by atoms with Gasteiger partial charge in [-0.3, -0.25) is 0 Å². The number of hydrogen-bond acceptors (Lipinski definition) is 2. The number of rotatable bonds is 3. The van der Waals surface area contributed by atoms with Gasteiger partial charge in [0.25, 0.3) is 0 Å². The smallest absolute Gasteiger partial charge is 0.0952 e. The average Bonchev–Trinajstić information content (AvgIpc) is 1.63. The van der Waals surface area contributed by atoms with Gasteiger partial charge in [0.05, 0.1) is 12.2 Å². The van der Waals surface area contributed by atoms with Gasteiger partial charge in [-0.2, -0.15) is 0 Å². The lowest BCUT2D eigenvalue weighted by atomic mass is 10.2. The zero-order valence-electron chi connectivity index (χ0n) is 6.60. The molecule has 0 unspecified atom stereocenters. The van der Waals surface area contributed by atoms with E-state index in [1.54, 1.807) is 0 Å². The molecule has 0 aromatic carbocycles. The van der Waals surface area contributed by atoms with E-state index in [0.29, 0.717) is 6.61 Å². The molecule has 0 aliphatic rings. The molecule has 0 atom stereocenters. The highest BCUT2D eigenvalue weighted by atomic mass is 17.2. The molecule has 0 spiro atoms. The maximum atomic E-state index is 4.94. The highest BCUT2D eigenvalue weighted by Crippen LogP contribution is 2.06. The van der Waals surface area contributed by atoms with E-state index in [1.165, 1.54) is 0 Å². The molecule has 0 rings (SSSR count). The Balaban J connectivity index is 3.07. The predicted octanol–water partition coefficient (Wildman–Crippen LogP) is 1.96. The van der Waals surface area contributed by atoms with E-state index < -0.39 is 0 Å². The van der Waals surface area contributed by atoms with Gasteiger partial charge in [0.15, 0.2) is 0 Å². The van der Waals surface area contributed by atoms with Crippen molar-refractivity contribution in [3.63, 3.8) is 0 Å². The maximum absolute atomic E-state index is 4.94. The van der Waals surface area contributed by atoms with E-state index in [0.717, 1.165) is 0 Å². The van der Waals surface area contributed by atoms with Crippen molar-refractivity contribution in [2.75, 3.05) is 6.61 Å². The van der Waals surface area contributed by atoms with Crippen LogP contribution in [-0.4, -0.2) is 12.2 Å². The van der Waals surface area contributed by atoms with Crippen LogP contribution in [0.15, 0.2) is 0 Å². The monoisotopic (exact) mass is 131 g/mol. The summed E-state index contributed by atoms with van der Waals surface area (Å²) in [5, 5.41) is 0. The van der Waals surface area contributed by atoms with E-state index in [-0.39, 0.29) is 5.60 Å². The first kappa shape index (κ1) is 8.92. The molecule has 1 radical (unpaired) electrons. The maximum Gasteiger partial charge on any atom is 0.0952 e. The summed E-state index contributed by atoms with van der Waals surface area (Å²) in [6, 6.07) is 0. The predicted molar refractivity (Wildman–Crippen MR) is 36.8 cm³/mol. The molecule has 2 heteroatoms. The zero-order valence-corrected chi connectivity index (χ0v) is 6.60. The summed E-state index contributed by atoms with van der Waals surface area (Å²) in [7, 11) is 0. The van der Waals surface area contributed by atoms with Gasteiger partial charge in [-0.15, -0.1) is 0 Å². The molecule has 0 heterocycles. The molecule has 0 aliphatic heterocycles. The van der Waals surface area contributed by atoms with Gasteiger partial charge in [0, 0.05) is 0 Å². The molecular weight excluding hydrogens is 116 g/mol. The van der Waals surface area contributed by atoms with Crippen molar-refractivity contribution >= 4 is 0 Å². The van der Waals surface area contributed by atoms with Crippen molar-refractivity contribution in [1.82, 2.24) is 0 Å². The normalized spacial score (nSPS) is 12.0. The summed E-state index contributed by atoms with van der Waals surface area (Å²) in [5.41, 5.74) is -0.191. The lowest BCUT2D eigenvalue weighted by molar-refractivity contribution is -0.343. The summed E-state index contributed by atoms with van der Waals surface area (Å²) in [6.45, 7) is 8.32. The molecular formula is C7H15O2. The van der Waals surface area contributed by atoms with Crippen LogP contribution in [0.4, 0.5) is 0 Å². The fraction of sp³-hybridized carbons (Fsp3) is 0.857. The van der Waals surface area contributed by atoms with Crippen molar-refractivity contribution in [3.05, 3.63) is 6.42 Å². The quantitative estimate of drug-likeness (QED) is 0.331. The standard InChI is InChI=1S/C7H15O2/c1-5-6-8-9-7(2,3)4/h5H,6H2,1-4H3. The summed E-state index contributed by atoms with van der Waals surface area (Å²) in [6.07, 6.45) is 1.89. The summed E-state index contributed by atoms with van der Waals surface area (Å²) < 4.78 is 0. The van der Waals surface area contributed by atoms with Crippen molar-refractivity contribution in [3.8, 4) is 0 Å². The third-order valence-electron chi connectivity index (χ3n) is 0.544. The Hall–Kier alpha value is -0.0800. The molecule has 0 saturated carbocycles. The Morgan fingerprint density at radius 1 is 1.33 bits per heavy atom. The molecule has 2 nitrogen and oxygen atoms in total. The van der Waals surface area contributed by atoms with Crippen LogP contribution in [0.25, 0.3) is 0 Å². The van der Waals surface area contributed by atoms with Crippen molar-refractivity contribution < 1.29 is 9.78 Å². The second-order valence-electron chi connectivity index (χ2n) is 2.89. The van der Waals surface area contributed by atoms with Gasteiger partial charge in [-0.25, -0.2) is 9.78 Å². The molecule has 55 valence electrons. The fourth-order valence-electron chi connectivity index (χ4n) is 0.279. The Bertz CT molecular complexity index is 63.8. The Morgan fingerprint density at radius 3 is 2.22 bits per heavy atom. The third-order valence-corrected chi connectivity index (χ3v) is 0.544. The molecule has 0 saturated heterocycles. The number of hydrogen-bond donors (Lipinski definition) is 0. The zero-order chi connectivity index (χ0) is 7.33. The van der Waals surface area contributed by atoms with E-state index in [9.17, 15) is 0 Å². The highest BCUT2D eigenvalue weighted by molar-refractivity contribution is 4.55. The van der Waals surface area contributed by atoms with Crippen LogP contribution in [0, 0.1) is 6.42 Å². The molecule has 0 aliphatic carbocycles. The lowest BCUT2D eigenvalue weighted by Gasteiger charge is -2.16. The van der Waals surface area contributed by atoms with Crippen LogP contribution < -0.4 is 0 Å². The van der Waals surface area contributed by atoms with E-state index >= 15 is 0 Å². The fourth-order valence-corrected chi connectivity index (χ4v) is 0.279. The van der Waals surface area contributed by atoms with E-state index in [4.69, 9.17) is 9.78 Å². The lowest BCUT2D eigenvalue weighted by Crippen LogP contribution is -2.19. The van der Waals surface area contributed by atoms with Gasteiger partial charge in [0.2, 0.25) is 0 Å². The van der Waals surface area contributed by atoms with Crippen molar-refractivity contribution in [2.45, 2.75) is 33.3 Å². The molecule has 0 bridgehead atoms. The molecule has 0 aromatic rings. The SMILES string of the molecule is C[CH]COOC(C)(C)C. The van der Waals surface area contributed by atoms with Crippen molar-refractivity contribution in [2.24, 2.45) is 0 Å². The first-order chi connectivity index (χ1) is 4.06. The largest absolute Gasteiger partial charge is 0.236 e. The second-order valence-corrected chi connectivity index (χ2v) is 2.89. The summed E-state index contributed by atoms with van der Waals surface area (Å²) in [4.78, 5) is 9.73. The topological polar surface area (TPSA) is 18.5 Å². The summed E-state index contributed by atoms with van der Waals surface area (Å²) in [5.74, 6) is 0. The van der Waals surface area contributed by atoms with Crippen LogP contribution in [0.1, 0.15) is 27.7 Å². The minimum Gasteiger partial charge on any atom is -0.236 e. The van der Waals surface area contributed by atoms with Crippen LogP contribution in [-0.2, 0) is 9.78 Å². The van der Waals surface area contributed by atoms with Crippen LogP contribution in [0.3, 0.4) is 0 Å². The second kappa shape index (κ2) is 3.85. The van der Waals surface area contributed by atoms with E-state index in [2.05, 4.69) is 0 Å². The Kier molecular flexibility index (Phi) is 3.82. The average molecular weight is 131 g/mol. The molecule has 9 heavy (non-hydrogen) atoms. The van der Waals surface area contributed by atoms with Crippen molar-refractivity contribution in [1.29, 1.82) is 0 Å². The van der Waals surface area contributed by atoms with E-state index in [1.807, 2.05) is 34.1 Å². The molecule has 0 N–H and O–H groups in total. The van der Waals surface area contributed by atoms with Crippen LogP contribution >= 0.6 is 0 Å². The molecule has 0 fully saturated rings. The Morgan fingerprint density at radius 2 is 1.89 bits per heavy atom. The summed E-state index contributed by atoms with van der Waals surface area (Å²) >= 11 is 0. The van der Waals surface area contributed by atoms with Gasteiger partial charge >= 0.3 is 0 Å². The van der Waals surface area contributed by atoms with Crippen LogP contribution in [0.5, 0.6) is 0 Å². The van der Waals surface area contributed by atoms with Gasteiger partial charge in [0.1, 0.15) is 0 Å². The van der Waals surface area contributed by atoms with Crippen LogP contribution in [0.2, 0.25) is 0 Å². The molecule has 0 amide bonds. The first-order valence-electron chi connectivity index (χ1n) is 3.15. The minimum absolute atomic E-state index is 0.191. The van der Waals surface area contributed by atoms with Gasteiger partial charge in [-0.1, -0.05) is 6.92 Å². The third kappa shape index (κ3) is 7.92. The first-order valence-corrected chi connectivity index (χ1v) is 3.15. The van der Waals surface area contributed by atoms with Gasteiger partial charge in [-0.05, 0) is 27.2 Å².